The molecular formula is C25H32N8O. The van der Waals surface area contributed by atoms with Gasteiger partial charge in [-0.05, 0) is 48.9 Å². The molecule has 4 N–H and O–H groups in total. The van der Waals surface area contributed by atoms with Gasteiger partial charge in [0, 0.05) is 62.9 Å². The highest BCUT2D eigenvalue weighted by molar-refractivity contribution is 5.62. The third-order valence-corrected chi connectivity index (χ3v) is 5.58. The van der Waals surface area contributed by atoms with Crippen molar-refractivity contribution in [3.63, 3.8) is 0 Å². The molecule has 2 aromatic heterocycles. The van der Waals surface area contributed by atoms with Gasteiger partial charge in [-0.2, -0.15) is 0 Å². The minimum Gasteiger partial charge on any atom is -0.370 e. The van der Waals surface area contributed by atoms with Gasteiger partial charge in [-0.3, -0.25) is 4.90 Å². The van der Waals surface area contributed by atoms with E-state index >= 15 is 0 Å². The molecule has 1 aliphatic rings. The highest BCUT2D eigenvalue weighted by Gasteiger charge is 2.10. The Hall–Kier alpha value is -3.40. The lowest BCUT2D eigenvalue weighted by atomic mass is 10.1. The minimum absolute atomic E-state index is 0.394. The lowest BCUT2D eigenvalue weighted by molar-refractivity contribution is -0.107. The Morgan fingerprint density at radius 3 is 2.79 bits per heavy atom. The number of rotatable bonds is 12. The number of hydrogen-bond acceptors (Lipinski definition) is 9. The molecule has 178 valence electrons. The van der Waals surface area contributed by atoms with Crippen molar-refractivity contribution in [1.29, 1.82) is 0 Å². The van der Waals surface area contributed by atoms with E-state index in [1.165, 1.54) is 5.56 Å². The summed E-state index contributed by atoms with van der Waals surface area (Å²) in [4.78, 5) is 26.3. The number of hydrogen-bond donors (Lipinski definition) is 4. The second-order valence-electron chi connectivity index (χ2n) is 8.20. The molecule has 1 fully saturated rings. The predicted octanol–water partition coefficient (Wildman–Crippen LogP) is 2.28. The number of carbonyl (C=O) groups is 1. The van der Waals surface area contributed by atoms with Crippen molar-refractivity contribution >= 4 is 23.7 Å². The van der Waals surface area contributed by atoms with Gasteiger partial charge in [-0.25, -0.2) is 15.0 Å². The van der Waals surface area contributed by atoms with E-state index < -0.39 is 0 Å². The van der Waals surface area contributed by atoms with Crippen molar-refractivity contribution in [1.82, 2.24) is 30.5 Å². The molecule has 0 amide bonds. The summed E-state index contributed by atoms with van der Waals surface area (Å²) in [5.41, 5.74) is 3.99. The van der Waals surface area contributed by atoms with E-state index in [9.17, 15) is 4.79 Å². The molecule has 0 atom stereocenters. The Balaban J connectivity index is 1.33. The van der Waals surface area contributed by atoms with E-state index in [0.717, 1.165) is 81.3 Å². The third-order valence-electron chi connectivity index (χ3n) is 5.58. The maximum absolute atomic E-state index is 10.3. The molecule has 3 aromatic rings. The molecule has 0 radical (unpaired) electrons. The van der Waals surface area contributed by atoms with Gasteiger partial charge in [-0.1, -0.05) is 12.1 Å². The third kappa shape index (κ3) is 7.31. The zero-order valence-electron chi connectivity index (χ0n) is 19.3. The zero-order chi connectivity index (χ0) is 23.4. The first kappa shape index (κ1) is 23.7. The Kier molecular flexibility index (Phi) is 8.90. The van der Waals surface area contributed by atoms with E-state index in [-0.39, 0.29) is 0 Å². The number of carbonyl (C=O) groups excluding carboxylic acids is 1. The fourth-order valence-corrected chi connectivity index (χ4v) is 3.82. The summed E-state index contributed by atoms with van der Waals surface area (Å²) in [6.07, 6.45) is 5.35. The van der Waals surface area contributed by atoms with Gasteiger partial charge < -0.3 is 26.1 Å². The SMILES string of the molecule is O=CCNCCCNc1ccc(-c2ccnc(Nc3cccc(CN4CCNCC4)c3)n2)cn1. The first-order valence-electron chi connectivity index (χ1n) is 11.8. The van der Waals surface area contributed by atoms with E-state index in [2.05, 4.69) is 59.3 Å². The molecule has 3 heterocycles. The molecule has 9 heteroatoms. The summed E-state index contributed by atoms with van der Waals surface area (Å²) in [6.45, 7) is 7.15. The Morgan fingerprint density at radius 1 is 1.06 bits per heavy atom. The van der Waals surface area contributed by atoms with Crippen LogP contribution in [0.15, 0.2) is 54.9 Å². The van der Waals surface area contributed by atoms with Gasteiger partial charge in [0.25, 0.3) is 0 Å². The summed E-state index contributed by atoms with van der Waals surface area (Å²) in [7, 11) is 0. The molecule has 0 aliphatic carbocycles. The van der Waals surface area contributed by atoms with Crippen LogP contribution in [-0.2, 0) is 11.3 Å². The quantitative estimate of drug-likeness (QED) is 0.239. The summed E-state index contributed by atoms with van der Waals surface area (Å²) >= 11 is 0. The first-order valence-corrected chi connectivity index (χ1v) is 11.8. The van der Waals surface area contributed by atoms with Crippen LogP contribution < -0.4 is 21.3 Å². The molecule has 0 unspecified atom stereocenters. The molecule has 4 rings (SSSR count). The summed E-state index contributed by atoms with van der Waals surface area (Å²) < 4.78 is 0. The maximum atomic E-state index is 10.3. The number of benzene rings is 1. The number of aromatic nitrogens is 3. The average molecular weight is 461 g/mol. The minimum atomic E-state index is 0.394. The summed E-state index contributed by atoms with van der Waals surface area (Å²) in [6, 6.07) is 14.3. The standard InChI is InChI=1S/C25H32N8O/c34-16-13-26-8-2-9-28-24-6-5-21(18-30-24)23-7-10-29-25(32-23)31-22-4-1-3-20(17-22)19-33-14-11-27-12-15-33/h1,3-7,10,16-18,26-27H,2,8-9,11-15,19H2,(H,28,30)(H,29,31,32). The molecule has 9 nitrogen and oxygen atoms in total. The topological polar surface area (TPSA) is 107 Å². The van der Waals surface area contributed by atoms with E-state index in [0.29, 0.717) is 12.5 Å². The fourth-order valence-electron chi connectivity index (χ4n) is 3.82. The van der Waals surface area contributed by atoms with Crippen molar-refractivity contribution in [2.45, 2.75) is 13.0 Å². The van der Waals surface area contributed by atoms with Gasteiger partial charge in [0.05, 0.1) is 12.2 Å². The highest BCUT2D eigenvalue weighted by atomic mass is 16.1. The van der Waals surface area contributed by atoms with Gasteiger partial charge in [-0.15, -0.1) is 0 Å². The monoisotopic (exact) mass is 460 g/mol. The molecule has 34 heavy (non-hydrogen) atoms. The molecule has 0 saturated carbocycles. The first-order chi connectivity index (χ1) is 16.8. The molecular weight excluding hydrogens is 428 g/mol. The Labute approximate surface area is 200 Å². The second kappa shape index (κ2) is 12.7. The Bertz CT molecular complexity index is 1040. The second-order valence-corrected chi connectivity index (χ2v) is 8.20. The maximum Gasteiger partial charge on any atom is 0.227 e. The van der Waals surface area contributed by atoms with Gasteiger partial charge in [0.2, 0.25) is 5.95 Å². The van der Waals surface area contributed by atoms with Gasteiger partial charge in [0.15, 0.2) is 0 Å². The smallest absolute Gasteiger partial charge is 0.227 e. The van der Waals surface area contributed by atoms with Crippen molar-refractivity contribution in [3.05, 3.63) is 60.4 Å². The molecule has 1 saturated heterocycles. The lowest BCUT2D eigenvalue weighted by Gasteiger charge is -2.27. The van der Waals surface area contributed by atoms with Crippen LogP contribution in [0.4, 0.5) is 17.5 Å². The number of nitrogens with one attached hydrogen (secondary N) is 4. The lowest BCUT2D eigenvalue weighted by Crippen LogP contribution is -2.42. The van der Waals surface area contributed by atoms with Crippen LogP contribution in [0.5, 0.6) is 0 Å². The van der Waals surface area contributed by atoms with Gasteiger partial charge >= 0.3 is 0 Å². The molecule has 0 spiro atoms. The van der Waals surface area contributed by atoms with Crippen molar-refractivity contribution < 1.29 is 4.79 Å². The highest BCUT2D eigenvalue weighted by Crippen LogP contribution is 2.21. The largest absolute Gasteiger partial charge is 0.370 e. The van der Waals surface area contributed by atoms with Crippen LogP contribution in [0.1, 0.15) is 12.0 Å². The van der Waals surface area contributed by atoms with Crippen molar-refractivity contribution in [3.8, 4) is 11.3 Å². The van der Waals surface area contributed by atoms with Crippen molar-refractivity contribution in [2.24, 2.45) is 0 Å². The van der Waals surface area contributed by atoms with Crippen LogP contribution >= 0.6 is 0 Å². The number of pyridine rings is 1. The van der Waals surface area contributed by atoms with Crippen molar-refractivity contribution in [2.75, 3.05) is 56.4 Å². The normalized spacial score (nSPS) is 14.0. The summed E-state index contributed by atoms with van der Waals surface area (Å²) in [5.74, 6) is 1.37. The van der Waals surface area contributed by atoms with Crippen LogP contribution in [0.25, 0.3) is 11.3 Å². The zero-order valence-corrected chi connectivity index (χ0v) is 19.3. The van der Waals surface area contributed by atoms with Gasteiger partial charge in [0.1, 0.15) is 12.1 Å². The number of piperazine rings is 1. The van der Waals surface area contributed by atoms with E-state index in [1.54, 1.807) is 6.20 Å². The van der Waals surface area contributed by atoms with Crippen LogP contribution in [0, 0.1) is 0 Å². The molecule has 1 aliphatic heterocycles. The van der Waals surface area contributed by atoms with E-state index in [4.69, 9.17) is 0 Å². The van der Waals surface area contributed by atoms with E-state index in [1.807, 2.05) is 30.5 Å². The fraction of sp³-hybridized carbons (Fsp3) is 0.360. The number of aldehydes is 1. The Morgan fingerprint density at radius 2 is 1.97 bits per heavy atom. The average Bonchev–Trinajstić information content (AvgIpc) is 2.87. The molecule has 1 aromatic carbocycles. The van der Waals surface area contributed by atoms with Crippen LogP contribution in [0.3, 0.4) is 0 Å². The molecule has 0 bridgehead atoms. The van der Waals surface area contributed by atoms with Crippen LogP contribution in [-0.4, -0.2) is 72.0 Å². The van der Waals surface area contributed by atoms with Crippen LogP contribution in [0.2, 0.25) is 0 Å². The predicted molar refractivity (Wildman–Crippen MR) is 135 cm³/mol. The number of anilines is 3. The summed E-state index contributed by atoms with van der Waals surface area (Å²) in [5, 5.41) is 13.1. The number of nitrogens with zero attached hydrogens (tertiary/aromatic N) is 4.